The summed E-state index contributed by atoms with van der Waals surface area (Å²) >= 11 is 0. The van der Waals surface area contributed by atoms with Crippen LogP contribution in [-0.4, -0.2) is 44.0 Å². The van der Waals surface area contributed by atoms with Crippen molar-refractivity contribution in [3.05, 3.63) is 0 Å². The second-order valence-corrected chi connectivity index (χ2v) is 2.52. The topological polar surface area (TPSA) is 84.7 Å². The van der Waals surface area contributed by atoms with Crippen molar-refractivity contribution in [2.45, 2.75) is 0 Å². The van der Waals surface area contributed by atoms with Gasteiger partial charge in [0.05, 0.1) is 6.54 Å². The lowest BCUT2D eigenvalue weighted by molar-refractivity contribution is -0.138. The second-order valence-electron chi connectivity index (χ2n) is 2.52. The molecule has 0 aromatic heterocycles. The fourth-order valence-corrected chi connectivity index (χ4v) is 0.507. The van der Waals surface area contributed by atoms with Crippen LogP contribution >= 0.6 is 0 Å². The standard InChI is InChI=1S/C6H13N3O3/c1-9(2)3-6(11)8-12-4-5(7)10/h3-4H2,1-2H3,(H2,7,10)(H,8,11). The lowest BCUT2D eigenvalue weighted by Gasteiger charge is -2.08. The summed E-state index contributed by atoms with van der Waals surface area (Å²) in [5.74, 6) is -0.943. The fraction of sp³-hybridized carbons (Fsp3) is 0.667. The van der Waals surface area contributed by atoms with Crippen LogP contribution in [0.25, 0.3) is 0 Å². The first kappa shape index (κ1) is 10.9. The van der Waals surface area contributed by atoms with E-state index in [-0.39, 0.29) is 19.1 Å². The zero-order valence-electron chi connectivity index (χ0n) is 7.16. The molecule has 12 heavy (non-hydrogen) atoms. The Morgan fingerprint density at radius 2 is 2.08 bits per heavy atom. The number of amides is 2. The van der Waals surface area contributed by atoms with Gasteiger partial charge in [0.25, 0.3) is 5.91 Å². The van der Waals surface area contributed by atoms with Gasteiger partial charge in [-0.15, -0.1) is 0 Å². The Hall–Kier alpha value is -1.14. The number of hydrogen-bond acceptors (Lipinski definition) is 4. The van der Waals surface area contributed by atoms with Crippen LogP contribution in [0.1, 0.15) is 0 Å². The summed E-state index contributed by atoms with van der Waals surface area (Å²) in [6.07, 6.45) is 0. The van der Waals surface area contributed by atoms with Crippen LogP contribution in [-0.2, 0) is 14.4 Å². The molecule has 3 N–H and O–H groups in total. The van der Waals surface area contributed by atoms with E-state index in [1.807, 2.05) is 0 Å². The number of carbonyl (C=O) groups is 2. The number of primary amides is 1. The normalized spacial score (nSPS) is 9.92. The number of nitrogens with one attached hydrogen (secondary N) is 1. The highest BCUT2D eigenvalue weighted by molar-refractivity contribution is 5.78. The summed E-state index contributed by atoms with van der Waals surface area (Å²) in [4.78, 5) is 27.1. The molecule has 0 aromatic carbocycles. The smallest absolute Gasteiger partial charge is 0.257 e. The molecule has 6 nitrogen and oxygen atoms in total. The van der Waals surface area contributed by atoms with Gasteiger partial charge < -0.3 is 10.6 Å². The minimum Gasteiger partial charge on any atom is -0.368 e. The van der Waals surface area contributed by atoms with Crippen molar-refractivity contribution in [3.8, 4) is 0 Å². The zero-order chi connectivity index (χ0) is 9.56. The maximum atomic E-state index is 10.8. The van der Waals surface area contributed by atoms with Crippen LogP contribution in [0.15, 0.2) is 0 Å². The van der Waals surface area contributed by atoms with E-state index in [4.69, 9.17) is 5.73 Å². The molecular formula is C6H13N3O3. The number of likely N-dealkylation sites (N-methyl/N-ethyl adjacent to an activating group) is 1. The largest absolute Gasteiger partial charge is 0.368 e. The Balaban J connectivity index is 3.38. The van der Waals surface area contributed by atoms with Gasteiger partial charge in [-0.2, -0.15) is 0 Å². The van der Waals surface area contributed by atoms with E-state index in [0.29, 0.717) is 0 Å². The number of rotatable bonds is 5. The molecule has 0 aliphatic heterocycles. The molecular weight excluding hydrogens is 162 g/mol. The van der Waals surface area contributed by atoms with E-state index in [0.717, 1.165) is 0 Å². The molecule has 0 atom stereocenters. The second kappa shape index (κ2) is 5.50. The van der Waals surface area contributed by atoms with Gasteiger partial charge in [-0.1, -0.05) is 0 Å². The van der Waals surface area contributed by atoms with Crippen molar-refractivity contribution < 1.29 is 14.4 Å². The molecule has 0 aliphatic carbocycles. The molecule has 0 spiro atoms. The summed E-state index contributed by atoms with van der Waals surface area (Å²) in [7, 11) is 3.49. The minimum absolute atomic E-state index is 0.207. The summed E-state index contributed by atoms with van der Waals surface area (Å²) < 4.78 is 0. The number of nitrogens with zero attached hydrogens (tertiary/aromatic N) is 1. The Labute approximate surface area is 70.6 Å². The van der Waals surface area contributed by atoms with Crippen LogP contribution < -0.4 is 11.2 Å². The van der Waals surface area contributed by atoms with E-state index in [2.05, 4.69) is 10.3 Å². The molecule has 0 radical (unpaired) electrons. The van der Waals surface area contributed by atoms with Crippen molar-refractivity contribution in [3.63, 3.8) is 0 Å². The number of nitrogens with two attached hydrogens (primary N) is 1. The first-order valence-corrected chi connectivity index (χ1v) is 3.36. The van der Waals surface area contributed by atoms with E-state index in [1.165, 1.54) is 0 Å². The third kappa shape index (κ3) is 6.97. The third-order valence-corrected chi connectivity index (χ3v) is 0.860. The summed E-state index contributed by atoms with van der Waals surface area (Å²) in [5, 5.41) is 0. The molecule has 0 rings (SSSR count). The Morgan fingerprint density at radius 1 is 1.50 bits per heavy atom. The third-order valence-electron chi connectivity index (χ3n) is 0.860. The number of carbonyl (C=O) groups excluding carboxylic acids is 2. The summed E-state index contributed by atoms with van der Waals surface area (Å²) in [6.45, 7) is -0.0993. The summed E-state index contributed by atoms with van der Waals surface area (Å²) in [6, 6.07) is 0. The van der Waals surface area contributed by atoms with E-state index < -0.39 is 5.91 Å². The van der Waals surface area contributed by atoms with Crippen molar-refractivity contribution in [1.82, 2.24) is 10.4 Å². The molecule has 70 valence electrons. The average molecular weight is 175 g/mol. The highest BCUT2D eigenvalue weighted by Crippen LogP contribution is 1.74. The Kier molecular flexibility index (Phi) is 4.98. The van der Waals surface area contributed by atoms with Crippen LogP contribution in [0.2, 0.25) is 0 Å². The summed E-state index contributed by atoms with van der Waals surface area (Å²) in [5.41, 5.74) is 6.82. The molecule has 6 heteroatoms. The van der Waals surface area contributed by atoms with Crippen LogP contribution in [0.3, 0.4) is 0 Å². The van der Waals surface area contributed by atoms with E-state index in [9.17, 15) is 9.59 Å². The monoisotopic (exact) mass is 175 g/mol. The molecule has 0 aromatic rings. The van der Waals surface area contributed by atoms with Crippen molar-refractivity contribution in [2.75, 3.05) is 27.2 Å². The van der Waals surface area contributed by atoms with Gasteiger partial charge in [-0.3, -0.25) is 14.4 Å². The number of hydroxylamine groups is 1. The van der Waals surface area contributed by atoms with Gasteiger partial charge in [0.2, 0.25) is 5.91 Å². The molecule has 0 unspecified atom stereocenters. The molecule has 2 amide bonds. The number of hydrogen-bond donors (Lipinski definition) is 2. The molecule has 0 saturated heterocycles. The van der Waals surface area contributed by atoms with E-state index >= 15 is 0 Å². The van der Waals surface area contributed by atoms with Crippen LogP contribution in [0.5, 0.6) is 0 Å². The average Bonchev–Trinajstić information content (AvgIpc) is 1.84. The van der Waals surface area contributed by atoms with E-state index in [1.54, 1.807) is 19.0 Å². The molecule has 0 heterocycles. The SMILES string of the molecule is CN(C)CC(=O)NOCC(N)=O. The predicted molar refractivity (Wildman–Crippen MR) is 41.8 cm³/mol. The zero-order valence-corrected chi connectivity index (χ0v) is 7.16. The van der Waals surface area contributed by atoms with Gasteiger partial charge in [-0.05, 0) is 14.1 Å². The fourth-order valence-electron chi connectivity index (χ4n) is 0.507. The van der Waals surface area contributed by atoms with Crippen LogP contribution in [0, 0.1) is 0 Å². The van der Waals surface area contributed by atoms with Crippen molar-refractivity contribution in [1.29, 1.82) is 0 Å². The molecule has 0 saturated carbocycles. The quantitative estimate of drug-likeness (QED) is 0.477. The molecule has 0 bridgehead atoms. The maximum absolute atomic E-state index is 10.8. The highest BCUT2D eigenvalue weighted by Gasteiger charge is 2.02. The molecule has 0 aliphatic rings. The van der Waals surface area contributed by atoms with Gasteiger partial charge in [0.15, 0.2) is 6.61 Å². The van der Waals surface area contributed by atoms with Gasteiger partial charge >= 0.3 is 0 Å². The predicted octanol–water partition coefficient (Wildman–Crippen LogP) is -1.92. The lowest BCUT2D eigenvalue weighted by Crippen LogP contribution is -2.35. The van der Waals surface area contributed by atoms with Gasteiger partial charge in [-0.25, -0.2) is 5.48 Å². The lowest BCUT2D eigenvalue weighted by atomic mass is 10.6. The van der Waals surface area contributed by atoms with Crippen molar-refractivity contribution in [2.24, 2.45) is 5.73 Å². The molecule has 0 fully saturated rings. The first-order chi connectivity index (χ1) is 5.52. The van der Waals surface area contributed by atoms with Crippen LogP contribution in [0.4, 0.5) is 0 Å². The van der Waals surface area contributed by atoms with Crippen molar-refractivity contribution >= 4 is 11.8 Å². The maximum Gasteiger partial charge on any atom is 0.257 e. The Bertz CT molecular complexity index is 169. The minimum atomic E-state index is -0.625. The van der Waals surface area contributed by atoms with Gasteiger partial charge in [0, 0.05) is 0 Å². The Morgan fingerprint density at radius 3 is 2.50 bits per heavy atom. The first-order valence-electron chi connectivity index (χ1n) is 3.36. The van der Waals surface area contributed by atoms with Gasteiger partial charge in [0.1, 0.15) is 0 Å². The highest BCUT2D eigenvalue weighted by atomic mass is 16.7.